The van der Waals surface area contributed by atoms with E-state index < -0.39 is 0 Å². The average molecular weight is 253 g/mol. The molecule has 0 radical (unpaired) electrons. The number of ether oxygens (including phenoxy) is 1. The summed E-state index contributed by atoms with van der Waals surface area (Å²) in [4.78, 5) is 0. The fraction of sp³-hybridized carbons (Fsp3) is 0.294. The van der Waals surface area contributed by atoms with Gasteiger partial charge in [0.1, 0.15) is 11.5 Å². The van der Waals surface area contributed by atoms with Crippen molar-refractivity contribution in [2.24, 2.45) is 5.92 Å². The molecule has 0 aromatic heterocycles. The zero-order valence-corrected chi connectivity index (χ0v) is 11.2. The number of hydrogen-bond donors (Lipinski definition) is 1. The second-order valence-corrected chi connectivity index (χ2v) is 5.29. The molecule has 0 amide bonds. The van der Waals surface area contributed by atoms with Gasteiger partial charge in [-0.3, -0.25) is 0 Å². The van der Waals surface area contributed by atoms with Gasteiger partial charge in [0.15, 0.2) is 0 Å². The van der Waals surface area contributed by atoms with Gasteiger partial charge in [-0.05, 0) is 48.7 Å². The molecule has 1 aliphatic heterocycles. The Kier molecular flexibility index (Phi) is 3.51. The van der Waals surface area contributed by atoms with Gasteiger partial charge in [0, 0.05) is 6.04 Å². The Morgan fingerprint density at radius 3 is 2.26 bits per heavy atom. The molecule has 1 aliphatic rings. The van der Waals surface area contributed by atoms with Crippen LogP contribution >= 0.6 is 0 Å². The zero-order chi connectivity index (χ0) is 13.1. The summed E-state index contributed by atoms with van der Waals surface area (Å²) < 4.78 is 5.80. The van der Waals surface area contributed by atoms with Crippen LogP contribution in [-0.2, 0) is 0 Å². The van der Waals surface area contributed by atoms with Crippen LogP contribution in [-0.4, -0.2) is 6.54 Å². The van der Waals surface area contributed by atoms with Crippen molar-refractivity contribution >= 4 is 0 Å². The van der Waals surface area contributed by atoms with Crippen molar-refractivity contribution in [3.63, 3.8) is 0 Å². The van der Waals surface area contributed by atoms with Gasteiger partial charge in [-0.15, -0.1) is 0 Å². The fourth-order valence-electron chi connectivity index (χ4n) is 2.56. The highest BCUT2D eigenvalue weighted by molar-refractivity contribution is 5.34. The van der Waals surface area contributed by atoms with E-state index in [0.717, 1.165) is 24.0 Å². The molecule has 19 heavy (non-hydrogen) atoms. The summed E-state index contributed by atoms with van der Waals surface area (Å²) in [6, 6.07) is 18.8. The van der Waals surface area contributed by atoms with Crippen molar-refractivity contribution in [1.82, 2.24) is 5.32 Å². The van der Waals surface area contributed by atoms with Crippen LogP contribution in [0.4, 0.5) is 0 Å². The number of para-hydroxylation sites is 1. The minimum absolute atomic E-state index is 0.501. The van der Waals surface area contributed by atoms with E-state index >= 15 is 0 Å². The summed E-state index contributed by atoms with van der Waals surface area (Å²) in [5.41, 5.74) is 1.35. The molecule has 1 N–H and O–H groups in total. The van der Waals surface area contributed by atoms with E-state index in [1.165, 1.54) is 12.0 Å². The fourth-order valence-corrected chi connectivity index (χ4v) is 2.56. The van der Waals surface area contributed by atoms with Gasteiger partial charge in [0.25, 0.3) is 0 Å². The predicted octanol–water partition coefficient (Wildman–Crippen LogP) is 4.15. The van der Waals surface area contributed by atoms with Gasteiger partial charge in [-0.1, -0.05) is 37.3 Å². The van der Waals surface area contributed by atoms with Gasteiger partial charge in [0.05, 0.1) is 0 Å². The SMILES string of the molecule is CC1CNC(c2ccc(Oc3ccccc3)cc2)C1. The Bertz CT molecular complexity index is 521. The minimum atomic E-state index is 0.501. The van der Waals surface area contributed by atoms with Crippen molar-refractivity contribution in [3.8, 4) is 11.5 Å². The Balaban J connectivity index is 1.69. The first-order valence-corrected chi connectivity index (χ1v) is 6.87. The lowest BCUT2D eigenvalue weighted by molar-refractivity contribution is 0.482. The zero-order valence-electron chi connectivity index (χ0n) is 11.2. The van der Waals surface area contributed by atoms with Gasteiger partial charge in [0.2, 0.25) is 0 Å². The van der Waals surface area contributed by atoms with E-state index in [1.807, 2.05) is 42.5 Å². The lowest BCUT2D eigenvalue weighted by Crippen LogP contribution is -2.13. The van der Waals surface area contributed by atoms with Crippen LogP contribution in [0.25, 0.3) is 0 Å². The Hall–Kier alpha value is -1.80. The molecule has 3 rings (SSSR count). The molecule has 0 aliphatic carbocycles. The number of benzene rings is 2. The largest absolute Gasteiger partial charge is 0.457 e. The summed E-state index contributed by atoms with van der Waals surface area (Å²) in [6.07, 6.45) is 1.22. The molecule has 2 heteroatoms. The quantitative estimate of drug-likeness (QED) is 0.887. The van der Waals surface area contributed by atoms with Crippen LogP contribution in [0.3, 0.4) is 0 Å². The van der Waals surface area contributed by atoms with Crippen LogP contribution in [0, 0.1) is 5.92 Å². The maximum Gasteiger partial charge on any atom is 0.127 e. The molecular formula is C17H19NO. The maximum absolute atomic E-state index is 5.80. The number of rotatable bonds is 3. The smallest absolute Gasteiger partial charge is 0.127 e. The molecule has 2 aromatic rings. The molecular weight excluding hydrogens is 234 g/mol. The maximum atomic E-state index is 5.80. The van der Waals surface area contributed by atoms with E-state index in [2.05, 4.69) is 24.4 Å². The van der Waals surface area contributed by atoms with Crippen LogP contribution in [0.15, 0.2) is 54.6 Å². The van der Waals surface area contributed by atoms with E-state index in [-0.39, 0.29) is 0 Å². The monoisotopic (exact) mass is 253 g/mol. The molecule has 1 heterocycles. The second kappa shape index (κ2) is 5.45. The Morgan fingerprint density at radius 1 is 0.947 bits per heavy atom. The second-order valence-electron chi connectivity index (χ2n) is 5.29. The third-order valence-corrected chi connectivity index (χ3v) is 3.61. The van der Waals surface area contributed by atoms with Gasteiger partial charge in [-0.2, -0.15) is 0 Å². The molecule has 1 fully saturated rings. The van der Waals surface area contributed by atoms with Gasteiger partial charge in [-0.25, -0.2) is 0 Å². The number of hydrogen-bond acceptors (Lipinski definition) is 2. The molecule has 2 atom stereocenters. The van der Waals surface area contributed by atoms with Crippen LogP contribution in [0.2, 0.25) is 0 Å². The molecule has 2 unspecified atom stereocenters. The average Bonchev–Trinajstić information content (AvgIpc) is 2.87. The summed E-state index contributed by atoms with van der Waals surface area (Å²) >= 11 is 0. The van der Waals surface area contributed by atoms with Crippen molar-refractivity contribution in [1.29, 1.82) is 0 Å². The molecule has 0 spiro atoms. The lowest BCUT2D eigenvalue weighted by Gasteiger charge is -2.12. The van der Waals surface area contributed by atoms with E-state index in [9.17, 15) is 0 Å². The molecule has 2 nitrogen and oxygen atoms in total. The normalized spacial score (nSPS) is 22.4. The molecule has 1 saturated heterocycles. The van der Waals surface area contributed by atoms with Crippen LogP contribution < -0.4 is 10.1 Å². The number of nitrogens with one attached hydrogen (secondary N) is 1. The summed E-state index contributed by atoms with van der Waals surface area (Å²) in [5, 5.41) is 3.55. The third kappa shape index (κ3) is 2.96. The van der Waals surface area contributed by atoms with Crippen LogP contribution in [0.5, 0.6) is 11.5 Å². The van der Waals surface area contributed by atoms with Crippen molar-refractivity contribution < 1.29 is 4.74 Å². The first-order valence-electron chi connectivity index (χ1n) is 6.87. The first-order chi connectivity index (χ1) is 9.31. The Labute approximate surface area is 114 Å². The van der Waals surface area contributed by atoms with Gasteiger partial charge < -0.3 is 10.1 Å². The molecule has 0 bridgehead atoms. The summed E-state index contributed by atoms with van der Waals surface area (Å²) in [6.45, 7) is 3.41. The van der Waals surface area contributed by atoms with Crippen molar-refractivity contribution in [2.45, 2.75) is 19.4 Å². The van der Waals surface area contributed by atoms with Crippen LogP contribution in [0.1, 0.15) is 24.9 Å². The van der Waals surface area contributed by atoms with Crippen molar-refractivity contribution in [3.05, 3.63) is 60.2 Å². The highest BCUT2D eigenvalue weighted by Gasteiger charge is 2.21. The Morgan fingerprint density at radius 2 is 1.63 bits per heavy atom. The first kappa shape index (κ1) is 12.2. The standard InChI is InChI=1S/C17H19NO/c1-13-11-17(18-12-13)14-7-9-16(10-8-14)19-15-5-3-2-4-6-15/h2-10,13,17-18H,11-12H2,1H3. The van der Waals surface area contributed by atoms with Gasteiger partial charge >= 0.3 is 0 Å². The third-order valence-electron chi connectivity index (χ3n) is 3.61. The van der Waals surface area contributed by atoms with Crippen molar-refractivity contribution in [2.75, 3.05) is 6.54 Å². The predicted molar refractivity (Wildman–Crippen MR) is 77.5 cm³/mol. The summed E-state index contributed by atoms with van der Waals surface area (Å²) in [5.74, 6) is 2.54. The van der Waals surface area contributed by atoms with E-state index in [1.54, 1.807) is 0 Å². The molecule has 2 aromatic carbocycles. The van der Waals surface area contributed by atoms with E-state index in [0.29, 0.717) is 6.04 Å². The topological polar surface area (TPSA) is 21.3 Å². The molecule has 0 saturated carbocycles. The molecule has 98 valence electrons. The lowest BCUT2D eigenvalue weighted by atomic mass is 10.0. The minimum Gasteiger partial charge on any atom is -0.457 e. The highest BCUT2D eigenvalue weighted by atomic mass is 16.5. The summed E-state index contributed by atoms with van der Waals surface area (Å²) in [7, 11) is 0. The van der Waals surface area contributed by atoms with E-state index in [4.69, 9.17) is 4.74 Å². The highest BCUT2D eigenvalue weighted by Crippen LogP contribution is 2.29.